The van der Waals surface area contributed by atoms with Gasteiger partial charge in [0.25, 0.3) is 0 Å². The highest BCUT2D eigenvalue weighted by Crippen LogP contribution is 2.28. The van der Waals surface area contributed by atoms with Crippen LogP contribution in [0.5, 0.6) is 0 Å². The van der Waals surface area contributed by atoms with Gasteiger partial charge in [-0.3, -0.25) is 9.59 Å². The Hall–Kier alpha value is -1.10. The summed E-state index contributed by atoms with van der Waals surface area (Å²) < 4.78 is 0. The number of nitrogens with two attached hydrogens (primary N) is 1. The average Bonchev–Trinajstić information content (AvgIpc) is 2.82. The molecule has 2 amide bonds. The lowest BCUT2D eigenvalue weighted by Crippen LogP contribution is -2.58. The van der Waals surface area contributed by atoms with Gasteiger partial charge in [0.2, 0.25) is 11.8 Å². The number of rotatable bonds is 4. The summed E-state index contributed by atoms with van der Waals surface area (Å²) in [6.45, 7) is 0.985. The van der Waals surface area contributed by atoms with E-state index in [1.807, 2.05) is 0 Å². The number of carbonyl (C=O) groups excluding carboxylic acids is 2. The molecule has 0 spiro atoms. The van der Waals surface area contributed by atoms with Crippen molar-refractivity contribution in [2.45, 2.75) is 62.9 Å². The van der Waals surface area contributed by atoms with Crippen molar-refractivity contribution in [2.24, 2.45) is 5.73 Å². The third-order valence-corrected chi connectivity index (χ3v) is 4.15. The summed E-state index contributed by atoms with van der Waals surface area (Å²) in [5.41, 5.74) is 4.71. The Morgan fingerprint density at radius 2 is 1.94 bits per heavy atom. The van der Waals surface area contributed by atoms with E-state index in [0.29, 0.717) is 19.3 Å². The molecule has 5 heteroatoms. The van der Waals surface area contributed by atoms with Crippen molar-refractivity contribution in [3.8, 4) is 0 Å². The zero-order valence-electron chi connectivity index (χ0n) is 10.8. The van der Waals surface area contributed by atoms with E-state index in [1.54, 1.807) is 0 Å². The van der Waals surface area contributed by atoms with Gasteiger partial charge in [-0.15, -0.1) is 0 Å². The van der Waals surface area contributed by atoms with E-state index in [4.69, 9.17) is 5.73 Å². The highest BCUT2D eigenvalue weighted by molar-refractivity contribution is 5.90. The lowest BCUT2D eigenvalue weighted by molar-refractivity contribution is -0.133. The molecule has 0 bridgehead atoms. The first-order valence-electron chi connectivity index (χ1n) is 6.97. The largest absolute Gasteiger partial charge is 0.368 e. The van der Waals surface area contributed by atoms with Gasteiger partial charge in [-0.05, 0) is 32.2 Å². The van der Waals surface area contributed by atoms with Crippen molar-refractivity contribution in [3.63, 3.8) is 0 Å². The lowest BCUT2D eigenvalue weighted by Gasteiger charge is -2.35. The number of primary amides is 1. The van der Waals surface area contributed by atoms with Crippen LogP contribution in [0.1, 0.15) is 51.4 Å². The first-order chi connectivity index (χ1) is 8.62. The van der Waals surface area contributed by atoms with Gasteiger partial charge in [0.05, 0.1) is 0 Å². The molecule has 1 aliphatic heterocycles. The normalized spacial score (nSPS) is 26.8. The highest BCUT2D eigenvalue weighted by atomic mass is 16.2. The number of nitrogens with one attached hydrogen (secondary N) is 2. The van der Waals surface area contributed by atoms with Gasteiger partial charge in [-0.1, -0.05) is 19.3 Å². The average molecular weight is 253 g/mol. The summed E-state index contributed by atoms with van der Waals surface area (Å²) in [7, 11) is 0. The van der Waals surface area contributed by atoms with Crippen LogP contribution in [0.3, 0.4) is 0 Å². The minimum atomic E-state index is -0.784. The molecule has 4 N–H and O–H groups in total. The van der Waals surface area contributed by atoms with E-state index >= 15 is 0 Å². The van der Waals surface area contributed by atoms with Gasteiger partial charge >= 0.3 is 0 Å². The molecule has 1 atom stereocenters. The molecular formula is C13H23N3O2. The maximum atomic E-state index is 12.0. The Morgan fingerprint density at radius 3 is 2.50 bits per heavy atom. The van der Waals surface area contributed by atoms with Crippen LogP contribution in [0.15, 0.2) is 0 Å². The maximum absolute atomic E-state index is 12.0. The predicted molar refractivity (Wildman–Crippen MR) is 68.8 cm³/mol. The molecule has 0 radical (unpaired) electrons. The van der Waals surface area contributed by atoms with Crippen LogP contribution in [0.2, 0.25) is 0 Å². The monoisotopic (exact) mass is 253 g/mol. The van der Waals surface area contributed by atoms with E-state index in [9.17, 15) is 9.59 Å². The lowest BCUT2D eigenvalue weighted by atomic mass is 9.81. The van der Waals surface area contributed by atoms with Gasteiger partial charge in [-0.25, -0.2) is 0 Å². The Morgan fingerprint density at radius 1 is 1.22 bits per heavy atom. The Labute approximate surface area is 108 Å². The standard InChI is InChI=1S/C13H23N3O2/c14-12(18)13(6-2-1-3-7-13)16-11(17)9-10-5-4-8-15-10/h10,15H,1-9H2,(H2,14,18)(H,16,17). The molecule has 18 heavy (non-hydrogen) atoms. The number of carbonyl (C=O) groups is 2. The van der Waals surface area contributed by atoms with Gasteiger partial charge in [0.1, 0.15) is 5.54 Å². The fourth-order valence-electron chi connectivity index (χ4n) is 3.06. The first-order valence-corrected chi connectivity index (χ1v) is 6.97. The maximum Gasteiger partial charge on any atom is 0.243 e. The van der Waals surface area contributed by atoms with Crippen molar-refractivity contribution in [1.82, 2.24) is 10.6 Å². The van der Waals surface area contributed by atoms with Gasteiger partial charge in [-0.2, -0.15) is 0 Å². The van der Waals surface area contributed by atoms with E-state index < -0.39 is 5.54 Å². The fourth-order valence-corrected chi connectivity index (χ4v) is 3.06. The number of hydrogen-bond donors (Lipinski definition) is 3. The van der Waals surface area contributed by atoms with E-state index in [0.717, 1.165) is 38.6 Å². The SMILES string of the molecule is NC(=O)C1(NC(=O)CC2CCCN2)CCCCC1. The van der Waals surface area contributed by atoms with E-state index in [1.165, 1.54) is 0 Å². The number of hydrogen-bond acceptors (Lipinski definition) is 3. The molecule has 2 rings (SSSR count). The number of amides is 2. The highest BCUT2D eigenvalue weighted by Gasteiger charge is 2.39. The molecule has 2 fully saturated rings. The zero-order valence-corrected chi connectivity index (χ0v) is 10.8. The molecule has 2 aliphatic rings. The van der Waals surface area contributed by atoms with Crippen LogP contribution in [-0.4, -0.2) is 29.9 Å². The topological polar surface area (TPSA) is 84.2 Å². The zero-order chi connectivity index (χ0) is 13.0. The molecule has 1 saturated heterocycles. The van der Waals surface area contributed by atoms with Gasteiger partial charge in [0.15, 0.2) is 0 Å². The summed E-state index contributed by atoms with van der Waals surface area (Å²) in [6, 6.07) is 0.263. The van der Waals surface area contributed by atoms with Crippen molar-refractivity contribution in [2.75, 3.05) is 6.54 Å². The summed E-state index contributed by atoms with van der Waals surface area (Å²) >= 11 is 0. The van der Waals surface area contributed by atoms with Crippen LogP contribution in [-0.2, 0) is 9.59 Å². The van der Waals surface area contributed by atoms with Crippen LogP contribution in [0.25, 0.3) is 0 Å². The fraction of sp³-hybridized carbons (Fsp3) is 0.846. The Bertz CT molecular complexity index is 318. The molecule has 1 saturated carbocycles. The minimum Gasteiger partial charge on any atom is -0.368 e. The van der Waals surface area contributed by atoms with Crippen LogP contribution >= 0.6 is 0 Å². The first kappa shape index (κ1) is 13.3. The third-order valence-electron chi connectivity index (χ3n) is 4.15. The minimum absolute atomic E-state index is 0.0462. The molecular weight excluding hydrogens is 230 g/mol. The van der Waals surface area contributed by atoms with Crippen molar-refractivity contribution >= 4 is 11.8 Å². The molecule has 0 aromatic heterocycles. The predicted octanol–water partition coefficient (Wildman–Crippen LogP) is 0.433. The van der Waals surface area contributed by atoms with Crippen LogP contribution in [0.4, 0.5) is 0 Å². The summed E-state index contributed by atoms with van der Waals surface area (Å²) in [5, 5.41) is 6.19. The summed E-state index contributed by atoms with van der Waals surface area (Å²) in [6.07, 6.45) is 7.04. The molecule has 1 aliphatic carbocycles. The quantitative estimate of drug-likeness (QED) is 0.679. The summed E-state index contributed by atoms with van der Waals surface area (Å²) in [5.74, 6) is -0.426. The van der Waals surface area contributed by atoms with Crippen LogP contribution in [0, 0.1) is 0 Å². The van der Waals surface area contributed by atoms with Crippen molar-refractivity contribution in [1.29, 1.82) is 0 Å². The van der Waals surface area contributed by atoms with Crippen molar-refractivity contribution < 1.29 is 9.59 Å². The summed E-state index contributed by atoms with van der Waals surface area (Å²) in [4.78, 5) is 23.7. The van der Waals surface area contributed by atoms with Crippen molar-refractivity contribution in [3.05, 3.63) is 0 Å². The molecule has 102 valence electrons. The molecule has 0 aromatic carbocycles. The van der Waals surface area contributed by atoms with E-state index in [-0.39, 0.29) is 17.9 Å². The molecule has 1 heterocycles. The second-order valence-corrected chi connectivity index (χ2v) is 5.55. The van der Waals surface area contributed by atoms with Crippen LogP contribution < -0.4 is 16.4 Å². The Balaban J connectivity index is 1.91. The molecule has 5 nitrogen and oxygen atoms in total. The third kappa shape index (κ3) is 3.02. The van der Waals surface area contributed by atoms with Gasteiger partial charge in [0, 0.05) is 12.5 Å². The second kappa shape index (κ2) is 5.69. The smallest absolute Gasteiger partial charge is 0.243 e. The van der Waals surface area contributed by atoms with Gasteiger partial charge < -0.3 is 16.4 Å². The molecule has 1 unspecified atom stereocenters. The Kier molecular flexibility index (Phi) is 4.22. The molecule has 0 aromatic rings. The second-order valence-electron chi connectivity index (χ2n) is 5.55. The van der Waals surface area contributed by atoms with E-state index in [2.05, 4.69) is 10.6 Å².